The summed E-state index contributed by atoms with van der Waals surface area (Å²) < 4.78 is 5.23. The fourth-order valence-electron chi connectivity index (χ4n) is 0.893. The number of hydrogen-bond acceptors (Lipinski definition) is 4. The third-order valence-corrected chi connectivity index (χ3v) is 2.73. The van der Waals surface area contributed by atoms with Crippen molar-refractivity contribution < 1.29 is 4.42 Å². The zero-order chi connectivity index (χ0) is 8.39. The normalized spacial score (nSPS) is 10.4. The summed E-state index contributed by atoms with van der Waals surface area (Å²) in [7, 11) is 0. The lowest BCUT2D eigenvalue weighted by Crippen LogP contribution is -1.78. The van der Waals surface area contributed by atoms with Gasteiger partial charge in [-0.2, -0.15) is 0 Å². The molecule has 0 atom stereocenters. The Morgan fingerprint density at radius 1 is 1.58 bits per heavy atom. The van der Waals surface area contributed by atoms with Crippen LogP contribution in [0.3, 0.4) is 0 Å². The highest BCUT2D eigenvalue weighted by molar-refractivity contribution is 9.08. The number of alkyl halides is 1. The molecule has 0 aliphatic carbocycles. The average Bonchev–Trinajstić information content (AvgIpc) is 2.74. The van der Waals surface area contributed by atoms with Crippen molar-refractivity contribution in [3.63, 3.8) is 0 Å². The van der Waals surface area contributed by atoms with Gasteiger partial charge >= 0.3 is 0 Å². The Bertz CT molecular complexity index is 357. The van der Waals surface area contributed by atoms with Gasteiger partial charge in [0, 0.05) is 11.5 Å². The predicted octanol–water partition coefficient (Wildman–Crippen LogP) is 2.69. The van der Waals surface area contributed by atoms with E-state index in [9.17, 15) is 0 Å². The molecule has 0 aliphatic rings. The van der Waals surface area contributed by atoms with Gasteiger partial charge in [0.05, 0.1) is 16.1 Å². The van der Waals surface area contributed by atoms with Crippen molar-refractivity contribution in [1.29, 1.82) is 0 Å². The van der Waals surface area contributed by atoms with Crippen LogP contribution in [0.15, 0.2) is 22.5 Å². The lowest BCUT2D eigenvalue weighted by Gasteiger charge is -1.90. The van der Waals surface area contributed by atoms with Gasteiger partial charge in [-0.3, -0.25) is 4.98 Å². The largest absolute Gasteiger partial charge is 0.442 e. The summed E-state index contributed by atoms with van der Waals surface area (Å²) in [5.74, 6) is 0.814. The van der Waals surface area contributed by atoms with Gasteiger partial charge in [-0.25, -0.2) is 4.98 Å². The molecule has 0 bridgehead atoms. The van der Waals surface area contributed by atoms with Gasteiger partial charge in [0.25, 0.3) is 0 Å². The Hall–Kier alpha value is -0.680. The molecule has 2 rings (SSSR count). The molecule has 62 valence electrons. The minimum atomic E-state index is 0.705. The lowest BCUT2D eigenvalue weighted by atomic mass is 10.3. The third kappa shape index (κ3) is 1.30. The van der Waals surface area contributed by atoms with Crippen LogP contribution in [0, 0.1) is 0 Å². The smallest absolute Gasteiger partial charge is 0.181 e. The molecule has 0 saturated heterocycles. The average molecular weight is 245 g/mol. The van der Waals surface area contributed by atoms with Gasteiger partial charge in [-0.1, -0.05) is 15.9 Å². The van der Waals surface area contributed by atoms with E-state index >= 15 is 0 Å². The number of halogens is 1. The van der Waals surface area contributed by atoms with Crippen molar-refractivity contribution in [3.05, 3.63) is 23.8 Å². The van der Waals surface area contributed by atoms with Gasteiger partial charge in [0.2, 0.25) is 0 Å². The highest BCUT2D eigenvalue weighted by Gasteiger charge is 2.10. The fourth-order valence-corrected chi connectivity index (χ4v) is 1.92. The van der Waals surface area contributed by atoms with Crippen LogP contribution in [0.5, 0.6) is 0 Å². The SMILES string of the molecule is BrCc1ncoc1-c1cncs1. The zero-order valence-corrected chi connectivity index (χ0v) is 8.43. The van der Waals surface area contributed by atoms with E-state index in [0.29, 0.717) is 5.33 Å². The van der Waals surface area contributed by atoms with Gasteiger partial charge in [-0.05, 0) is 0 Å². The van der Waals surface area contributed by atoms with Crippen molar-refractivity contribution in [1.82, 2.24) is 9.97 Å². The number of aromatic nitrogens is 2. The molecule has 0 unspecified atom stereocenters. The van der Waals surface area contributed by atoms with E-state index in [0.717, 1.165) is 16.3 Å². The standard InChI is InChI=1S/C7H5BrN2OS/c8-1-5-7(11-3-10-5)6-2-9-4-12-6/h2-4H,1H2. The molecular weight excluding hydrogens is 240 g/mol. The summed E-state index contributed by atoms with van der Waals surface area (Å²) in [4.78, 5) is 9.04. The van der Waals surface area contributed by atoms with E-state index in [2.05, 4.69) is 25.9 Å². The second kappa shape index (κ2) is 3.37. The molecule has 2 aromatic rings. The first-order valence-electron chi connectivity index (χ1n) is 3.29. The topological polar surface area (TPSA) is 38.9 Å². The summed E-state index contributed by atoms with van der Waals surface area (Å²) in [6.07, 6.45) is 3.23. The van der Waals surface area contributed by atoms with Crippen LogP contribution in [0.2, 0.25) is 0 Å². The number of rotatable bonds is 2. The molecule has 0 saturated carbocycles. The highest BCUT2D eigenvalue weighted by Crippen LogP contribution is 2.27. The molecule has 0 aliphatic heterocycles. The quantitative estimate of drug-likeness (QED) is 0.763. The van der Waals surface area contributed by atoms with Crippen molar-refractivity contribution in [3.8, 4) is 10.6 Å². The van der Waals surface area contributed by atoms with Gasteiger partial charge in [-0.15, -0.1) is 11.3 Å². The molecule has 0 spiro atoms. The molecule has 2 heterocycles. The van der Waals surface area contributed by atoms with E-state index in [4.69, 9.17) is 4.42 Å². The lowest BCUT2D eigenvalue weighted by molar-refractivity contribution is 0.572. The molecule has 0 N–H and O–H groups in total. The van der Waals surface area contributed by atoms with Crippen LogP contribution in [0.25, 0.3) is 10.6 Å². The third-order valence-electron chi connectivity index (χ3n) is 1.42. The molecular formula is C7H5BrN2OS. The summed E-state index contributed by atoms with van der Waals surface area (Å²) in [6.45, 7) is 0. The fraction of sp³-hybridized carbons (Fsp3) is 0.143. The van der Waals surface area contributed by atoms with Gasteiger partial charge in [0.15, 0.2) is 12.2 Å². The molecule has 0 amide bonds. The molecule has 3 nitrogen and oxygen atoms in total. The second-order valence-corrected chi connectivity index (χ2v) is 3.57. The van der Waals surface area contributed by atoms with Gasteiger partial charge < -0.3 is 4.42 Å². The van der Waals surface area contributed by atoms with Crippen LogP contribution in [-0.4, -0.2) is 9.97 Å². The van der Waals surface area contributed by atoms with Crippen LogP contribution >= 0.6 is 27.3 Å². The van der Waals surface area contributed by atoms with Crippen LogP contribution in [0.4, 0.5) is 0 Å². The van der Waals surface area contributed by atoms with Crippen molar-refractivity contribution in [2.75, 3.05) is 0 Å². The first kappa shape index (κ1) is 7.94. The second-order valence-electron chi connectivity index (χ2n) is 2.13. The first-order valence-corrected chi connectivity index (χ1v) is 5.29. The molecule has 0 fully saturated rings. The molecule has 0 aromatic carbocycles. The summed E-state index contributed by atoms with van der Waals surface area (Å²) in [6, 6.07) is 0. The maximum Gasteiger partial charge on any atom is 0.181 e. The van der Waals surface area contributed by atoms with Crippen LogP contribution in [-0.2, 0) is 5.33 Å². The predicted molar refractivity (Wildman–Crippen MR) is 50.2 cm³/mol. The van der Waals surface area contributed by atoms with E-state index < -0.39 is 0 Å². The Kier molecular flexibility index (Phi) is 2.23. The number of nitrogens with zero attached hydrogens (tertiary/aromatic N) is 2. The number of oxazole rings is 1. The van der Waals surface area contributed by atoms with E-state index in [1.54, 1.807) is 23.0 Å². The van der Waals surface area contributed by atoms with Gasteiger partial charge in [0.1, 0.15) is 0 Å². The summed E-state index contributed by atoms with van der Waals surface area (Å²) in [5.41, 5.74) is 2.69. The van der Waals surface area contributed by atoms with Crippen LogP contribution in [0.1, 0.15) is 5.69 Å². The maximum absolute atomic E-state index is 5.23. The minimum absolute atomic E-state index is 0.705. The Balaban J connectivity index is 2.46. The van der Waals surface area contributed by atoms with E-state index in [1.165, 1.54) is 6.39 Å². The van der Waals surface area contributed by atoms with Crippen molar-refractivity contribution in [2.45, 2.75) is 5.33 Å². The monoisotopic (exact) mass is 244 g/mol. The van der Waals surface area contributed by atoms with E-state index in [1.807, 2.05) is 0 Å². The Morgan fingerprint density at radius 2 is 2.50 bits per heavy atom. The number of thiazole rings is 1. The summed E-state index contributed by atoms with van der Waals surface area (Å²) in [5, 5.41) is 0.705. The molecule has 0 radical (unpaired) electrons. The Labute approximate surface area is 81.6 Å². The molecule has 5 heteroatoms. The molecule has 2 aromatic heterocycles. The van der Waals surface area contributed by atoms with Crippen LogP contribution < -0.4 is 0 Å². The Morgan fingerprint density at radius 3 is 3.17 bits per heavy atom. The summed E-state index contributed by atoms with van der Waals surface area (Å²) >= 11 is 4.88. The maximum atomic E-state index is 5.23. The number of hydrogen-bond donors (Lipinski definition) is 0. The first-order chi connectivity index (χ1) is 5.92. The van der Waals surface area contributed by atoms with E-state index in [-0.39, 0.29) is 0 Å². The highest BCUT2D eigenvalue weighted by atomic mass is 79.9. The van der Waals surface area contributed by atoms with Crippen molar-refractivity contribution in [2.24, 2.45) is 0 Å². The minimum Gasteiger partial charge on any atom is -0.442 e. The zero-order valence-electron chi connectivity index (χ0n) is 6.03. The molecule has 12 heavy (non-hydrogen) atoms. The van der Waals surface area contributed by atoms with Crippen molar-refractivity contribution >= 4 is 27.3 Å².